The fraction of sp³-hybridized carbons (Fsp3) is 0.875. The Hall–Kier alpha value is -0.0400. The first-order valence-corrected chi connectivity index (χ1v) is 3.28. The molecule has 0 saturated carbocycles. The predicted molar refractivity (Wildman–Crippen MR) is 40.1 cm³/mol. The Morgan fingerprint density at radius 2 is 1.56 bits per heavy atom. The minimum absolute atomic E-state index is 0.172. The van der Waals surface area contributed by atoms with E-state index in [1.54, 1.807) is 6.92 Å². The van der Waals surface area contributed by atoms with Crippen molar-refractivity contribution in [1.82, 2.24) is 0 Å². The van der Waals surface area contributed by atoms with E-state index in [0.29, 0.717) is 0 Å². The van der Waals surface area contributed by atoms with E-state index in [0.717, 1.165) is 6.42 Å². The van der Waals surface area contributed by atoms with Gasteiger partial charge in [0.15, 0.2) is 0 Å². The van der Waals surface area contributed by atoms with Crippen LogP contribution in [0.5, 0.6) is 0 Å². The molecule has 0 heterocycles. The van der Waals surface area contributed by atoms with Gasteiger partial charge in [-0.25, -0.2) is 0 Å². The largest absolute Gasteiger partial charge is 0.390 e. The van der Waals surface area contributed by atoms with Crippen molar-refractivity contribution in [1.29, 1.82) is 0 Å². The minimum Gasteiger partial charge on any atom is -0.390 e. The minimum atomic E-state index is -0.766. The molecule has 0 aliphatic heterocycles. The number of aliphatic hydroxyl groups is 1. The van der Waals surface area contributed by atoms with Crippen LogP contribution in [0.1, 0.15) is 34.1 Å². The van der Waals surface area contributed by atoms with E-state index in [1.807, 2.05) is 0 Å². The zero-order valence-corrected chi connectivity index (χ0v) is 6.86. The SMILES string of the molecule is [CH2]C(C)(O)CC(C)(C)C. The molecule has 1 N–H and O–H groups in total. The average Bonchev–Trinajstić information content (AvgIpc) is 1.14. The smallest absolute Gasteiger partial charge is 0.0625 e. The highest BCUT2D eigenvalue weighted by Gasteiger charge is 2.22. The Morgan fingerprint density at radius 3 is 1.56 bits per heavy atom. The molecule has 0 bridgehead atoms. The third-order valence-electron chi connectivity index (χ3n) is 0.911. The first kappa shape index (κ1) is 8.96. The topological polar surface area (TPSA) is 20.2 Å². The lowest BCUT2D eigenvalue weighted by Gasteiger charge is -2.27. The van der Waals surface area contributed by atoms with Crippen molar-refractivity contribution in [3.05, 3.63) is 6.92 Å². The molecular formula is C8H17O. The molecule has 1 radical (unpaired) electrons. The summed E-state index contributed by atoms with van der Waals surface area (Å²) in [6.07, 6.45) is 0.736. The summed E-state index contributed by atoms with van der Waals surface area (Å²) in [5.41, 5.74) is -0.594. The molecule has 0 amide bonds. The van der Waals surface area contributed by atoms with Gasteiger partial charge in [-0.1, -0.05) is 20.8 Å². The average molecular weight is 129 g/mol. The van der Waals surface area contributed by atoms with Gasteiger partial charge in [0.25, 0.3) is 0 Å². The Balaban J connectivity index is 3.75. The lowest BCUT2D eigenvalue weighted by molar-refractivity contribution is 0.0619. The molecule has 0 spiro atoms. The molecule has 0 aliphatic rings. The molecule has 0 aliphatic carbocycles. The van der Waals surface area contributed by atoms with Crippen LogP contribution in [0.2, 0.25) is 0 Å². The van der Waals surface area contributed by atoms with E-state index in [9.17, 15) is 5.11 Å². The van der Waals surface area contributed by atoms with E-state index >= 15 is 0 Å². The molecule has 0 saturated heterocycles. The number of hydrogen-bond acceptors (Lipinski definition) is 1. The molecule has 0 aromatic heterocycles. The first-order valence-electron chi connectivity index (χ1n) is 3.28. The van der Waals surface area contributed by atoms with Gasteiger partial charge in [0.2, 0.25) is 0 Å². The van der Waals surface area contributed by atoms with Gasteiger partial charge in [0.05, 0.1) is 5.60 Å². The maximum Gasteiger partial charge on any atom is 0.0625 e. The van der Waals surface area contributed by atoms with E-state index in [2.05, 4.69) is 27.7 Å². The summed E-state index contributed by atoms with van der Waals surface area (Å²) in [4.78, 5) is 0. The van der Waals surface area contributed by atoms with Crippen molar-refractivity contribution in [2.45, 2.75) is 39.7 Å². The van der Waals surface area contributed by atoms with Gasteiger partial charge < -0.3 is 5.11 Å². The quantitative estimate of drug-likeness (QED) is 0.574. The summed E-state index contributed by atoms with van der Waals surface area (Å²) in [6, 6.07) is 0. The second kappa shape index (κ2) is 2.30. The maximum absolute atomic E-state index is 9.24. The van der Waals surface area contributed by atoms with Crippen molar-refractivity contribution < 1.29 is 5.11 Å². The zero-order valence-electron chi connectivity index (χ0n) is 6.86. The van der Waals surface area contributed by atoms with Crippen molar-refractivity contribution in [3.63, 3.8) is 0 Å². The van der Waals surface area contributed by atoms with E-state index in [4.69, 9.17) is 0 Å². The molecule has 0 aromatic rings. The van der Waals surface area contributed by atoms with E-state index < -0.39 is 5.60 Å². The fourth-order valence-corrected chi connectivity index (χ4v) is 1.14. The Kier molecular flexibility index (Phi) is 2.29. The van der Waals surface area contributed by atoms with Gasteiger partial charge in [-0.15, -0.1) is 0 Å². The summed E-state index contributed by atoms with van der Waals surface area (Å²) in [6.45, 7) is 11.6. The van der Waals surface area contributed by atoms with Crippen LogP contribution in [0, 0.1) is 12.3 Å². The lowest BCUT2D eigenvalue weighted by atomic mass is 9.84. The zero-order chi connectivity index (χ0) is 7.71. The monoisotopic (exact) mass is 129 g/mol. The van der Waals surface area contributed by atoms with Crippen LogP contribution < -0.4 is 0 Å². The fourth-order valence-electron chi connectivity index (χ4n) is 1.14. The molecule has 1 unspecified atom stereocenters. The second-order valence-electron chi connectivity index (χ2n) is 4.23. The summed E-state index contributed by atoms with van der Waals surface area (Å²) in [7, 11) is 0. The van der Waals surface area contributed by atoms with Gasteiger partial charge >= 0.3 is 0 Å². The highest BCUT2D eigenvalue weighted by molar-refractivity contribution is 4.80. The number of hydrogen-bond donors (Lipinski definition) is 1. The van der Waals surface area contributed by atoms with Gasteiger partial charge in [0, 0.05) is 0 Å². The maximum atomic E-state index is 9.24. The Morgan fingerprint density at radius 1 is 1.22 bits per heavy atom. The van der Waals surface area contributed by atoms with Crippen LogP contribution >= 0.6 is 0 Å². The summed E-state index contributed by atoms with van der Waals surface area (Å²) in [5, 5.41) is 9.24. The Labute approximate surface area is 58.1 Å². The molecule has 1 heteroatoms. The van der Waals surface area contributed by atoms with Crippen molar-refractivity contribution >= 4 is 0 Å². The van der Waals surface area contributed by atoms with Crippen LogP contribution in [-0.4, -0.2) is 10.7 Å². The second-order valence-corrected chi connectivity index (χ2v) is 4.23. The molecule has 0 rings (SSSR count). The third kappa shape index (κ3) is 7.96. The summed E-state index contributed by atoms with van der Waals surface area (Å²) in [5.74, 6) is 0. The first-order chi connectivity index (χ1) is 3.71. The van der Waals surface area contributed by atoms with Crippen molar-refractivity contribution in [2.75, 3.05) is 0 Å². The van der Waals surface area contributed by atoms with Crippen LogP contribution in [-0.2, 0) is 0 Å². The van der Waals surface area contributed by atoms with Crippen LogP contribution in [0.3, 0.4) is 0 Å². The standard InChI is InChI=1S/C8H17O/c1-7(2,3)6-8(4,5)9/h9H,4,6H2,1-3,5H3. The molecule has 1 atom stereocenters. The van der Waals surface area contributed by atoms with Gasteiger partial charge in [-0.3, -0.25) is 0 Å². The third-order valence-corrected chi connectivity index (χ3v) is 0.911. The molecule has 55 valence electrons. The summed E-state index contributed by atoms with van der Waals surface area (Å²) < 4.78 is 0. The molecule has 0 aromatic carbocycles. The van der Waals surface area contributed by atoms with E-state index in [1.165, 1.54) is 0 Å². The number of rotatable bonds is 1. The summed E-state index contributed by atoms with van der Waals surface area (Å²) >= 11 is 0. The van der Waals surface area contributed by atoms with Gasteiger partial charge in [0.1, 0.15) is 0 Å². The van der Waals surface area contributed by atoms with Crippen molar-refractivity contribution in [2.24, 2.45) is 5.41 Å². The van der Waals surface area contributed by atoms with E-state index in [-0.39, 0.29) is 5.41 Å². The van der Waals surface area contributed by atoms with Gasteiger partial charge in [-0.2, -0.15) is 0 Å². The lowest BCUT2D eigenvalue weighted by Crippen LogP contribution is -2.26. The van der Waals surface area contributed by atoms with Crippen LogP contribution in [0.25, 0.3) is 0 Å². The molecule has 1 nitrogen and oxygen atoms in total. The Bertz CT molecular complexity index is 69.7. The normalized spacial score (nSPS) is 14.0. The molecular weight excluding hydrogens is 112 g/mol. The molecule has 9 heavy (non-hydrogen) atoms. The van der Waals surface area contributed by atoms with Gasteiger partial charge in [-0.05, 0) is 25.7 Å². The van der Waals surface area contributed by atoms with Crippen LogP contribution in [0.15, 0.2) is 0 Å². The predicted octanol–water partition coefficient (Wildman–Crippen LogP) is 2.01. The highest BCUT2D eigenvalue weighted by atomic mass is 16.3. The highest BCUT2D eigenvalue weighted by Crippen LogP contribution is 2.25. The van der Waals surface area contributed by atoms with Crippen LogP contribution in [0.4, 0.5) is 0 Å². The van der Waals surface area contributed by atoms with Crippen molar-refractivity contribution in [3.8, 4) is 0 Å². The molecule has 0 fully saturated rings.